The Balaban J connectivity index is 0.00000280. The molecule has 3 N–H and O–H groups in total. The molecule has 2 aromatic carbocycles. The van der Waals surface area contributed by atoms with Gasteiger partial charge in [0.05, 0.1) is 20.8 Å². The molecule has 2 aromatic rings. The quantitative estimate of drug-likeness (QED) is 0.268. The van der Waals surface area contributed by atoms with Crippen molar-refractivity contribution in [2.75, 3.05) is 32.2 Å². The summed E-state index contributed by atoms with van der Waals surface area (Å²) in [5.41, 5.74) is 9.39. The van der Waals surface area contributed by atoms with Gasteiger partial charge in [-0.1, -0.05) is 30.4 Å². The van der Waals surface area contributed by atoms with Gasteiger partial charge in [-0.2, -0.15) is 0 Å². The first-order valence-corrected chi connectivity index (χ1v) is 8.93. The topological polar surface area (TPSA) is 72.1 Å². The highest BCUT2D eigenvalue weighted by Crippen LogP contribution is 2.27. The average molecular weight is 494 g/mol. The minimum Gasteiger partial charge on any atom is -0.493 e. The van der Waals surface area contributed by atoms with Crippen LogP contribution in [0.3, 0.4) is 0 Å². The fourth-order valence-electron chi connectivity index (χ4n) is 2.92. The fourth-order valence-corrected chi connectivity index (χ4v) is 2.92. The van der Waals surface area contributed by atoms with Crippen LogP contribution < -0.4 is 25.4 Å². The van der Waals surface area contributed by atoms with Crippen LogP contribution in [0.15, 0.2) is 59.6 Å². The van der Waals surface area contributed by atoms with Crippen LogP contribution in [0, 0.1) is 0 Å². The second-order valence-electron chi connectivity index (χ2n) is 6.29. The van der Waals surface area contributed by atoms with Gasteiger partial charge < -0.3 is 25.4 Å². The van der Waals surface area contributed by atoms with Crippen molar-refractivity contribution in [1.29, 1.82) is 0 Å². The van der Waals surface area contributed by atoms with Crippen LogP contribution >= 0.6 is 24.0 Å². The number of guanidine groups is 1. The van der Waals surface area contributed by atoms with E-state index in [1.807, 2.05) is 18.2 Å². The lowest BCUT2D eigenvalue weighted by atomic mass is 10.2. The molecule has 0 atom stereocenters. The Kier molecular flexibility index (Phi) is 8.43. The number of benzene rings is 2. The highest BCUT2D eigenvalue weighted by molar-refractivity contribution is 14.0. The van der Waals surface area contributed by atoms with E-state index in [9.17, 15) is 0 Å². The Morgan fingerprint density at radius 3 is 2.29 bits per heavy atom. The van der Waals surface area contributed by atoms with E-state index in [2.05, 4.69) is 51.6 Å². The standard InChI is InChI=1S/C21H26N4O2.HI/c1-26-19-10-7-17(13-20(19)27-2)15-24-21(22)23-14-16-5-8-18(9-6-16)25-11-3-4-12-25;/h3-10,13H,11-12,14-15H2,1-2H3,(H3,22,23,24);1H. The van der Waals surface area contributed by atoms with E-state index >= 15 is 0 Å². The molecule has 0 spiro atoms. The minimum absolute atomic E-state index is 0. The SMILES string of the molecule is COc1ccc(CN=C(N)NCc2ccc(N3CC=CC3)cc2)cc1OC.I. The summed E-state index contributed by atoms with van der Waals surface area (Å²) >= 11 is 0. The maximum atomic E-state index is 5.99. The van der Waals surface area contributed by atoms with Gasteiger partial charge in [0, 0.05) is 25.3 Å². The summed E-state index contributed by atoms with van der Waals surface area (Å²) in [4.78, 5) is 6.71. The number of nitrogens with zero attached hydrogens (tertiary/aromatic N) is 2. The van der Waals surface area contributed by atoms with Crippen molar-refractivity contribution >= 4 is 35.6 Å². The maximum absolute atomic E-state index is 5.99. The summed E-state index contributed by atoms with van der Waals surface area (Å²) in [6, 6.07) is 14.2. The number of nitrogens with one attached hydrogen (secondary N) is 1. The third-order valence-corrected chi connectivity index (χ3v) is 4.47. The predicted molar refractivity (Wildman–Crippen MR) is 125 cm³/mol. The number of rotatable bonds is 7. The van der Waals surface area contributed by atoms with E-state index in [1.165, 1.54) is 5.69 Å². The van der Waals surface area contributed by atoms with Gasteiger partial charge in [-0.15, -0.1) is 24.0 Å². The predicted octanol–water partition coefficient (Wildman–Crippen LogP) is 3.30. The normalized spacial score (nSPS) is 13.2. The number of hydrogen-bond donors (Lipinski definition) is 2. The van der Waals surface area contributed by atoms with Gasteiger partial charge in [-0.3, -0.25) is 0 Å². The Labute approximate surface area is 183 Å². The second kappa shape index (κ2) is 10.8. The first-order chi connectivity index (χ1) is 13.2. The van der Waals surface area contributed by atoms with Gasteiger partial charge in [0.1, 0.15) is 0 Å². The van der Waals surface area contributed by atoms with Gasteiger partial charge in [0.25, 0.3) is 0 Å². The Bertz CT molecular complexity index is 814. The first kappa shape index (κ1) is 21.9. The highest BCUT2D eigenvalue weighted by atomic mass is 127. The minimum atomic E-state index is 0. The van der Waals surface area contributed by atoms with Crippen molar-refractivity contribution < 1.29 is 9.47 Å². The third-order valence-electron chi connectivity index (χ3n) is 4.47. The summed E-state index contributed by atoms with van der Waals surface area (Å²) in [5, 5.41) is 3.16. The average Bonchev–Trinajstić information content (AvgIpc) is 3.25. The molecule has 0 saturated heterocycles. The lowest BCUT2D eigenvalue weighted by Crippen LogP contribution is -2.31. The monoisotopic (exact) mass is 494 g/mol. The molecule has 0 fully saturated rings. The van der Waals surface area contributed by atoms with Crippen LogP contribution in [0.1, 0.15) is 11.1 Å². The third kappa shape index (κ3) is 5.79. The van der Waals surface area contributed by atoms with Crippen LogP contribution in [0.25, 0.3) is 0 Å². The molecule has 3 rings (SSSR count). The van der Waals surface area contributed by atoms with E-state index in [-0.39, 0.29) is 24.0 Å². The molecule has 0 saturated carbocycles. The summed E-state index contributed by atoms with van der Waals surface area (Å²) in [6.07, 6.45) is 4.37. The van der Waals surface area contributed by atoms with Gasteiger partial charge in [0.2, 0.25) is 0 Å². The number of nitrogens with two attached hydrogens (primary N) is 1. The zero-order valence-electron chi connectivity index (χ0n) is 16.2. The largest absolute Gasteiger partial charge is 0.493 e. The summed E-state index contributed by atoms with van der Waals surface area (Å²) in [7, 11) is 3.23. The molecule has 0 aliphatic carbocycles. The summed E-state index contributed by atoms with van der Waals surface area (Å²) in [6.45, 7) is 3.07. The Hall–Kier alpha value is -2.42. The molecule has 0 amide bonds. The molecule has 0 aromatic heterocycles. The molecule has 1 aliphatic heterocycles. The second-order valence-corrected chi connectivity index (χ2v) is 6.29. The lowest BCUT2D eigenvalue weighted by molar-refractivity contribution is 0.354. The molecule has 0 radical (unpaired) electrons. The van der Waals surface area contributed by atoms with Gasteiger partial charge in [0.15, 0.2) is 17.5 Å². The van der Waals surface area contributed by atoms with E-state index < -0.39 is 0 Å². The van der Waals surface area contributed by atoms with Crippen molar-refractivity contribution in [2.45, 2.75) is 13.1 Å². The molecule has 7 heteroatoms. The van der Waals surface area contributed by atoms with Gasteiger partial charge in [-0.05, 0) is 35.4 Å². The molecule has 1 heterocycles. The van der Waals surface area contributed by atoms with Gasteiger partial charge in [-0.25, -0.2) is 4.99 Å². The number of methoxy groups -OCH3 is 2. The van der Waals surface area contributed by atoms with Crippen molar-refractivity contribution in [3.63, 3.8) is 0 Å². The van der Waals surface area contributed by atoms with Crippen LogP contribution in [0.4, 0.5) is 5.69 Å². The summed E-state index contributed by atoms with van der Waals surface area (Å²) in [5.74, 6) is 1.80. The number of halogens is 1. The van der Waals surface area contributed by atoms with E-state index in [4.69, 9.17) is 15.2 Å². The molecule has 1 aliphatic rings. The smallest absolute Gasteiger partial charge is 0.189 e. The van der Waals surface area contributed by atoms with Crippen molar-refractivity contribution in [2.24, 2.45) is 10.7 Å². The molecule has 0 unspecified atom stereocenters. The molecular formula is C21H27IN4O2. The van der Waals surface area contributed by atoms with Crippen LogP contribution in [-0.4, -0.2) is 33.3 Å². The molecular weight excluding hydrogens is 467 g/mol. The lowest BCUT2D eigenvalue weighted by Gasteiger charge is -2.17. The zero-order chi connectivity index (χ0) is 19.1. The number of hydrogen-bond acceptors (Lipinski definition) is 4. The van der Waals surface area contributed by atoms with E-state index in [0.29, 0.717) is 30.5 Å². The van der Waals surface area contributed by atoms with Crippen LogP contribution in [0.2, 0.25) is 0 Å². The molecule has 150 valence electrons. The Morgan fingerprint density at radius 2 is 1.64 bits per heavy atom. The highest BCUT2D eigenvalue weighted by Gasteiger charge is 2.07. The fraction of sp³-hybridized carbons (Fsp3) is 0.286. The van der Waals surface area contributed by atoms with Crippen molar-refractivity contribution in [3.05, 3.63) is 65.7 Å². The van der Waals surface area contributed by atoms with E-state index in [1.54, 1.807) is 14.2 Å². The molecule has 0 bridgehead atoms. The van der Waals surface area contributed by atoms with Gasteiger partial charge >= 0.3 is 0 Å². The van der Waals surface area contributed by atoms with Crippen LogP contribution in [-0.2, 0) is 13.1 Å². The number of anilines is 1. The molecule has 6 nitrogen and oxygen atoms in total. The van der Waals surface area contributed by atoms with E-state index in [0.717, 1.165) is 24.2 Å². The molecule has 28 heavy (non-hydrogen) atoms. The maximum Gasteiger partial charge on any atom is 0.189 e. The van der Waals surface area contributed by atoms with Crippen molar-refractivity contribution in [3.8, 4) is 11.5 Å². The van der Waals surface area contributed by atoms with Crippen molar-refractivity contribution in [1.82, 2.24) is 5.32 Å². The van der Waals surface area contributed by atoms with Crippen LogP contribution in [0.5, 0.6) is 11.5 Å². The Morgan fingerprint density at radius 1 is 1.00 bits per heavy atom. The number of aliphatic imine (C=N–C) groups is 1. The first-order valence-electron chi connectivity index (χ1n) is 8.93. The zero-order valence-corrected chi connectivity index (χ0v) is 18.6. The number of ether oxygens (including phenoxy) is 2. The summed E-state index contributed by atoms with van der Waals surface area (Å²) < 4.78 is 10.5.